The fraction of sp³-hybridized carbons (Fsp3) is 0.179. The molecule has 0 radical (unpaired) electrons. The second kappa shape index (κ2) is 10.0. The van der Waals surface area contributed by atoms with Crippen molar-refractivity contribution in [2.24, 2.45) is 4.99 Å². The van der Waals surface area contributed by atoms with Gasteiger partial charge in [0.1, 0.15) is 29.1 Å². The molecular weight excluding hydrogens is 459 g/mol. The molecule has 0 saturated carbocycles. The van der Waals surface area contributed by atoms with Crippen LogP contribution in [0.15, 0.2) is 89.7 Å². The zero-order valence-corrected chi connectivity index (χ0v) is 19.9. The third-order valence-electron chi connectivity index (χ3n) is 5.99. The van der Waals surface area contributed by atoms with Crippen molar-refractivity contribution in [2.75, 3.05) is 7.11 Å². The Labute approximate surface area is 207 Å². The molecule has 1 amide bonds. The van der Waals surface area contributed by atoms with Gasteiger partial charge in [-0.2, -0.15) is 5.10 Å². The van der Waals surface area contributed by atoms with Crippen LogP contribution in [-0.4, -0.2) is 35.1 Å². The normalized spacial score (nSPS) is 14.4. The minimum Gasteiger partial charge on any atom is -0.497 e. The lowest BCUT2D eigenvalue weighted by molar-refractivity contribution is -0.118. The van der Waals surface area contributed by atoms with E-state index in [2.05, 4.69) is 15.4 Å². The van der Waals surface area contributed by atoms with Crippen molar-refractivity contribution in [3.05, 3.63) is 96.1 Å². The summed E-state index contributed by atoms with van der Waals surface area (Å²) in [5.74, 6) is 0.766. The summed E-state index contributed by atoms with van der Waals surface area (Å²) in [6.07, 6.45) is 5.38. The summed E-state index contributed by atoms with van der Waals surface area (Å²) >= 11 is 0. The van der Waals surface area contributed by atoms with E-state index >= 15 is 0 Å². The number of methoxy groups -OCH3 is 1. The van der Waals surface area contributed by atoms with Crippen molar-refractivity contribution in [3.63, 3.8) is 0 Å². The number of hydrogen-bond donors (Lipinski definition) is 1. The van der Waals surface area contributed by atoms with Crippen LogP contribution in [0, 0.1) is 5.82 Å². The number of aromatic nitrogens is 2. The lowest BCUT2D eigenvalue weighted by Gasteiger charge is -2.27. The molecule has 0 spiro atoms. The Kier molecular flexibility index (Phi) is 6.49. The molecule has 0 unspecified atom stereocenters. The van der Waals surface area contributed by atoms with Gasteiger partial charge >= 0.3 is 0 Å². The lowest BCUT2D eigenvalue weighted by atomic mass is 10.0. The van der Waals surface area contributed by atoms with Crippen molar-refractivity contribution >= 4 is 23.0 Å². The molecule has 0 fully saturated rings. The maximum absolute atomic E-state index is 13.3. The summed E-state index contributed by atoms with van der Waals surface area (Å²) in [5, 5.41) is 8.34. The summed E-state index contributed by atoms with van der Waals surface area (Å²) in [4.78, 5) is 16.8. The maximum atomic E-state index is 13.3. The predicted molar refractivity (Wildman–Crippen MR) is 136 cm³/mol. The van der Waals surface area contributed by atoms with Crippen LogP contribution in [0.4, 0.5) is 4.39 Å². The average molecular weight is 485 g/mol. The van der Waals surface area contributed by atoms with Crippen LogP contribution >= 0.6 is 0 Å². The summed E-state index contributed by atoms with van der Waals surface area (Å²) in [6, 6.07) is 19.0. The van der Waals surface area contributed by atoms with E-state index < -0.39 is 6.10 Å². The molecule has 2 atom stereocenters. The molecule has 182 valence electrons. The number of halogens is 1. The molecule has 8 heteroatoms. The van der Waals surface area contributed by atoms with E-state index in [1.165, 1.54) is 12.1 Å². The van der Waals surface area contributed by atoms with E-state index in [4.69, 9.17) is 9.47 Å². The number of carbonyl (C=O) groups is 1. The van der Waals surface area contributed by atoms with Gasteiger partial charge in [0.2, 0.25) is 0 Å². The van der Waals surface area contributed by atoms with Crippen molar-refractivity contribution < 1.29 is 18.7 Å². The van der Waals surface area contributed by atoms with Crippen LogP contribution in [-0.2, 0) is 4.79 Å². The minimum atomic E-state index is -0.500. The quantitative estimate of drug-likeness (QED) is 0.375. The molecule has 4 aromatic rings. The smallest absolute Gasteiger partial charge is 0.269 e. The zero-order chi connectivity index (χ0) is 25.1. The Bertz CT molecular complexity index is 1460. The molecule has 0 aliphatic carbocycles. The first-order valence-electron chi connectivity index (χ1n) is 11.6. The molecule has 5 rings (SSSR count). The highest BCUT2D eigenvalue weighted by molar-refractivity contribution is 5.96. The van der Waals surface area contributed by atoms with Gasteiger partial charge in [0.15, 0.2) is 0 Å². The summed E-state index contributed by atoms with van der Waals surface area (Å²) in [5.41, 5.74) is 2.88. The third kappa shape index (κ3) is 4.84. The zero-order valence-electron chi connectivity index (χ0n) is 19.9. The van der Waals surface area contributed by atoms with E-state index in [0.717, 1.165) is 22.2 Å². The summed E-state index contributed by atoms with van der Waals surface area (Å²) in [7, 11) is 1.61. The van der Waals surface area contributed by atoms with Crippen molar-refractivity contribution in [1.29, 1.82) is 0 Å². The van der Waals surface area contributed by atoms with Gasteiger partial charge in [-0.05, 0) is 73.2 Å². The number of allylic oxidation sites excluding steroid dienone is 1. The van der Waals surface area contributed by atoms with Crippen LogP contribution in [0.5, 0.6) is 11.5 Å². The second-order valence-electron chi connectivity index (χ2n) is 8.47. The number of rotatable bonds is 8. The van der Waals surface area contributed by atoms with Crippen LogP contribution in [0.1, 0.15) is 25.0 Å². The van der Waals surface area contributed by atoms with Crippen LogP contribution in [0.3, 0.4) is 0 Å². The Morgan fingerprint density at radius 1 is 1.08 bits per heavy atom. The van der Waals surface area contributed by atoms with Crippen molar-refractivity contribution in [3.8, 4) is 17.2 Å². The van der Waals surface area contributed by atoms with Crippen molar-refractivity contribution in [2.45, 2.75) is 25.5 Å². The highest BCUT2D eigenvalue weighted by Crippen LogP contribution is 2.30. The average Bonchev–Trinajstić information content (AvgIpc) is 3.58. The monoisotopic (exact) mass is 484 g/mol. The standard InChI is InChI=1S/C28H25FN4O3/c1-18(32-28(34)25-7-4-14-30-25)27(19-5-3-6-23(15-19)35-2)36-24-12-13-26-20(16-24)17-31-33(26)22-10-8-21(29)9-11-22/h3,5-18,27H,4H2,1-2H3,(H,32,34)/t18-,27-/m0/s1. The Morgan fingerprint density at radius 2 is 1.92 bits per heavy atom. The van der Waals surface area contributed by atoms with Gasteiger partial charge in [0.05, 0.1) is 30.6 Å². The van der Waals surface area contributed by atoms with Crippen LogP contribution in [0.2, 0.25) is 0 Å². The van der Waals surface area contributed by atoms with Gasteiger partial charge in [0.25, 0.3) is 5.91 Å². The number of ether oxygens (including phenoxy) is 2. The highest BCUT2D eigenvalue weighted by atomic mass is 19.1. The number of amides is 1. The third-order valence-corrected chi connectivity index (χ3v) is 5.99. The molecule has 0 bridgehead atoms. The highest BCUT2D eigenvalue weighted by Gasteiger charge is 2.25. The molecular formula is C28H25FN4O3. The number of fused-ring (bicyclic) bond motifs is 1. The van der Waals surface area contributed by atoms with E-state index in [1.807, 2.05) is 49.4 Å². The first-order valence-corrected chi connectivity index (χ1v) is 11.6. The lowest BCUT2D eigenvalue weighted by Crippen LogP contribution is -2.39. The molecule has 1 N–H and O–H groups in total. The largest absolute Gasteiger partial charge is 0.497 e. The minimum absolute atomic E-state index is 0.247. The Morgan fingerprint density at radius 3 is 2.67 bits per heavy atom. The summed E-state index contributed by atoms with van der Waals surface area (Å²) in [6.45, 7) is 1.90. The number of nitrogens with one attached hydrogen (secondary N) is 1. The van der Waals surface area contributed by atoms with Gasteiger partial charge in [-0.25, -0.2) is 9.07 Å². The number of hydrogen-bond acceptors (Lipinski definition) is 5. The van der Waals surface area contributed by atoms with Crippen molar-refractivity contribution in [1.82, 2.24) is 15.1 Å². The van der Waals surface area contributed by atoms with Gasteiger partial charge in [-0.1, -0.05) is 12.1 Å². The molecule has 0 saturated heterocycles. The van der Waals surface area contributed by atoms with E-state index in [-0.39, 0.29) is 17.8 Å². The first kappa shape index (κ1) is 23.3. The van der Waals surface area contributed by atoms with E-state index in [0.29, 0.717) is 23.6 Å². The molecule has 1 aromatic heterocycles. The molecule has 1 aliphatic heterocycles. The SMILES string of the molecule is COc1cccc([C@@H](Oc2ccc3c(cnn3-c3ccc(F)cc3)c2)[C@H](C)NC(=O)C2=CCC=N2)c1. The Balaban J connectivity index is 1.44. The summed E-state index contributed by atoms with van der Waals surface area (Å²) < 4.78 is 26.9. The van der Waals surface area contributed by atoms with Gasteiger partial charge in [0, 0.05) is 18.0 Å². The molecule has 3 aromatic carbocycles. The fourth-order valence-corrected chi connectivity index (χ4v) is 4.17. The van der Waals surface area contributed by atoms with Crippen LogP contribution < -0.4 is 14.8 Å². The molecule has 1 aliphatic rings. The predicted octanol–water partition coefficient (Wildman–Crippen LogP) is 5.16. The number of nitrogens with zero attached hydrogens (tertiary/aromatic N) is 3. The van der Waals surface area contributed by atoms with Gasteiger partial charge in [-0.3, -0.25) is 9.79 Å². The maximum Gasteiger partial charge on any atom is 0.269 e. The number of carbonyl (C=O) groups excluding carboxylic acids is 1. The fourth-order valence-electron chi connectivity index (χ4n) is 4.17. The molecule has 7 nitrogen and oxygen atoms in total. The topological polar surface area (TPSA) is 77.7 Å². The molecule has 2 heterocycles. The van der Waals surface area contributed by atoms with Crippen LogP contribution in [0.25, 0.3) is 16.6 Å². The van der Waals surface area contributed by atoms with E-state index in [9.17, 15) is 9.18 Å². The van der Waals surface area contributed by atoms with Gasteiger partial charge < -0.3 is 14.8 Å². The number of aliphatic imine (C=N–C) groups is 1. The Hall–Kier alpha value is -4.46. The second-order valence-corrected chi connectivity index (χ2v) is 8.47. The van der Waals surface area contributed by atoms with E-state index in [1.54, 1.807) is 42.4 Å². The first-order chi connectivity index (χ1) is 17.5. The number of benzene rings is 3. The van der Waals surface area contributed by atoms with Gasteiger partial charge in [-0.15, -0.1) is 0 Å². The molecule has 36 heavy (non-hydrogen) atoms.